The molecule has 4 unspecified atom stereocenters. The second-order valence-corrected chi connectivity index (χ2v) is 10.3. The molecular formula is C27H41N9O6. The molecule has 42 heavy (non-hydrogen) atoms. The van der Waals surface area contributed by atoms with Gasteiger partial charge >= 0.3 is 5.97 Å². The lowest BCUT2D eigenvalue weighted by Gasteiger charge is -2.27. The first-order chi connectivity index (χ1) is 19.8. The molecule has 0 aliphatic rings. The molecule has 0 saturated carbocycles. The van der Waals surface area contributed by atoms with E-state index in [1.165, 1.54) is 0 Å². The number of nitrogens with one attached hydrogen (secondary N) is 4. The predicted molar refractivity (Wildman–Crippen MR) is 157 cm³/mol. The summed E-state index contributed by atoms with van der Waals surface area (Å²) in [6.07, 6.45) is 1.97. The second-order valence-electron chi connectivity index (χ2n) is 10.3. The van der Waals surface area contributed by atoms with Gasteiger partial charge in [0.25, 0.3) is 0 Å². The van der Waals surface area contributed by atoms with Gasteiger partial charge in [0.05, 0.1) is 6.04 Å². The number of hydrogen-bond donors (Lipinski definition) is 9. The van der Waals surface area contributed by atoms with Crippen molar-refractivity contribution in [1.82, 2.24) is 20.9 Å². The fourth-order valence-electron chi connectivity index (χ4n) is 4.25. The first kappa shape index (κ1) is 33.5. The van der Waals surface area contributed by atoms with E-state index < -0.39 is 59.7 Å². The Bertz CT molecular complexity index is 1290. The Balaban J connectivity index is 2.16. The van der Waals surface area contributed by atoms with E-state index in [-0.39, 0.29) is 38.2 Å². The van der Waals surface area contributed by atoms with E-state index in [2.05, 4.69) is 25.9 Å². The monoisotopic (exact) mass is 587 g/mol. The van der Waals surface area contributed by atoms with Crippen LogP contribution in [0.5, 0.6) is 0 Å². The normalized spacial score (nSPS) is 13.9. The molecule has 0 spiro atoms. The van der Waals surface area contributed by atoms with Crippen molar-refractivity contribution in [3.63, 3.8) is 0 Å². The Morgan fingerprint density at radius 2 is 1.60 bits per heavy atom. The van der Waals surface area contributed by atoms with Crippen molar-refractivity contribution in [2.24, 2.45) is 33.8 Å². The van der Waals surface area contributed by atoms with Crippen molar-refractivity contribution in [2.75, 3.05) is 6.54 Å². The van der Waals surface area contributed by atoms with Crippen LogP contribution in [-0.4, -0.2) is 76.4 Å². The van der Waals surface area contributed by atoms with E-state index in [4.69, 9.17) is 22.9 Å². The molecule has 1 aromatic heterocycles. The number of primary amides is 1. The SMILES string of the molecule is CC(C)C(NC(=O)C(CCCN=C(N)N)NC(=O)C(N)CCC(N)=O)C(=O)NC(Cc1c[nH]c2ccccc12)C(=O)O. The average Bonchev–Trinajstić information content (AvgIpc) is 3.33. The summed E-state index contributed by atoms with van der Waals surface area (Å²) in [5, 5.41) is 18.4. The van der Waals surface area contributed by atoms with E-state index in [0.717, 1.165) is 10.9 Å². The number of hydrogen-bond acceptors (Lipinski definition) is 7. The lowest BCUT2D eigenvalue weighted by Crippen LogP contribution is -2.58. The Morgan fingerprint density at radius 3 is 2.21 bits per heavy atom. The quantitative estimate of drug-likeness (QED) is 0.0594. The molecule has 4 atom stereocenters. The second kappa shape index (κ2) is 16.0. The minimum absolute atomic E-state index is 0.0104. The third-order valence-electron chi connectivity index (χ3n) is 6.58. The molecule has 230 valence electrons. The number of carbonyl (C=O) groups excluding carboxylic acids is 4. The third-order valence-corrected chi connectivity index (χ3v) is 6.58. The van der Waals surface area contributed by atoms with Crippen LogP contribution in [0.4, 0.5) is 0 Å². The summed E-state index contributed by atoms with van der Waals surface area (Å²) in [4.78, 5) is 69.3. The maximum absolute atomic E-state index is 13.3. The number of H-pyrrole nitrogens is 1. The average molecular weight is 588 g/mol. The number of aromatic amines is 1. The van der Waals surface area contributed by atoms with Crippen molar-refractivity contribution in [3.8, 4) is 0 Å². The largest absolute Gasteiger partial charge is 0.480 e. The molecule has 0 radical (unpaired) electrons. The van der Waals surface area contributed by atoms with Crippen molar-refractivity contribution >= 4 is 46.5 Å². The number of fused-ring (bicyclic) bond motifs is 1. The van der Waals surface area contributed by atoms with Crippen LogP contribution in [0.15, 0.2) is 35.5 Å². The molecule has 15 heteroatoms. The van der Waals surface area contributed by atoms with Crippen LogP contribution in [0.3, 0.4) is 0 Å². The van der Waals surface area contributed by atoms with Gasteiger partial charge in [-0.15, -0.1) is 0 Å². The van der Waals surface area contributed by atoms with Gasteiger partial charge in [0.1, 0.15) is 18.1 Å². The van der Waals surface area contributed by atoms with Gasteiger partial charge < -0.3 is 49.0 Å². The number of nitrogens with zero attached hydrogens (tertiary/aromatic N) is 1. The number of aromatic nitrogens is 1. The van der Waals surface area contributed by atoms with E-state index in [1.807, 2.05) is 24.3 Å². The number of carbonyl (C=O) groups is 5. The Labute approximate surface area is 243 Å². The van der Waals surface area contributed by atoms with Gasteiger partial charge in [-0.25, -0.2) is 4.79 Å². The smallest absolute Gasteiger partial charge is 0.326 e. The lowest BCUT2D eigenvalue weighted by molar-refractivity contribution is -0.142. The van der Waals surface area contributed by atoms with Crippen LogP contribution in [-0.2, 0) is 30.4 Å². The summed E-state index contributed by atoms with van der Waals surface area (Å²) in [5.74, 6) is -4.51. The fraction of sp³-hybridized carbons (Fsp3) is 0.481. The Morgan fingerprint density at radius 1 is 0.929 bits per heavy atom. The molecule has 0 bridgehead atoms. The summed E-state index contributed by atoms with van der Waals surface area (Å²) < 4.78 is 0. The molecule has 2 aromatic rings. The molecular weight excluding hydrogens is 546 g/mol. The van der Waals surface area contributed by atoms with E-state index in [1.54, 1.807) is 20.0 Å². The van der Waals surface area contributed by atoms with Crippen LogP contribution in [0.2, 0.25) is 0 Å². The Hall–Kier alpha value is -4.66. The van der Waals surface area contributed by atoms with Gasteiger partial charge in [-0.05, 0) is 36.8 Å². The lowest BCUT2D eigenvalue weighted by atomic mass is 10.00. The number of guanidine groups is 1. The third kappa shape index (κ3) is 10.4. The Kier molecular flexibility index (Phi) is 12.7. The maximum atomic E-state index is 13.3. The first-order valence-corrected chi connectivity index (χ1v) is 13.6. The fourth-order valence-corrected chi connectivity index (χ4v) is 4.25. The van der Waals surface area contributed by atoms with Gasteiger partial charge in [-0.1, -0.05) is 32.0 Å². The molecule has 1 heterocycles. The van der Waals surface area contributed by atoms with Gasteiger partial charge in [0, 0.05) is 36.5 Å². The van der Waals surface area contributed by atoms with Gasteiger partial charge in [-0.2, -0.15) is 0 Å². The summed E-state index contributed by atoms with van der Waals surface area (Å²) in [6, 6.07) is 2.76. The highest BCUT2D eigenvalue weighted by atomic mass is 16.4. The highest BCUT2D eigenvalue weighted by Gasteiger charge is 2.32. The number of carboxylic acid groups (broad SMARTS) is 1. The van der Waals surface area contributed by atoms with Gasteiger partial charge in [-0.3, -0.25) is 24.2 Å². The number of amides is 4. The molecule has 0 aliphatic carbocycles. The molecule has 15 nitrogen and oxygen atoms in total. The highest BCUT2D eigenvalue weighted by Crippen LogP contribution is 2.19. The van der Waals surface area contributed by atoms with Crippen molar-refractivity contribution in [2.45, 2.75) is 70.1 Å². The zero-order chi connectivity index (χ0) is 31.4. The topological polar surface area (TPSA) is 274 Å². The minimum Gasteiger partial charge on any atom is -0.480 e. The number of nitrogens with two attached hydrogens (primary N) is 4. The van der Waals surface area contributed by atoms with Crippen LogP contribution in [0.1, 0.15) is 45.1 Å². The molecule has 0 aliphatic heterocycles. The molecule has 13 N–H and O–H groups in total. The van der Waals surface area contributed by atoms with Crippen LogP contribution < -0.4 is 38.9 Å². The molecule has 1 aromatic carbocycles. The first-order valence-electron chi connectivity index (χ1n) is 13.6. The van der Waals surface area contributed by atoms with Crippen molar-refractivity contribution in [1.29, 1.82) is 0 Å². The number of para-hydroxylation sites is 1. The number of aliphatic imine (C=N–C) groups is 1. The summed E-state index contributed by atoms with van der Waals surface area (Å²) >= 11 is 0. The van der Waals surface area contributed by atoms with E-state index in [0.29, 0.717) is 12.0 Å². The van der Waals surface area contributed by atoms with Crippen molar-refractivity contribution in [3.05, 3.63) is 36.0 Å². The number of aliphatic carboxylic acids is 1. The molecule has 0 fully saturated rings. The maximum Gasteiger partial charge on any atom is 0.326 e. The van der Waals surface area contributed by atoms with Crippen LogP contribution in [0.25, 0.3) is 10.9 Å². The summed E-state index contributed by atoms with van der Waals surface area (Å²) in [5.41, 5.74) is 23.2. The van der Waals surface area contributed by atoms with Crippen LogP contribution in [0, 0.1) is 5.92 Å². The molecule has 4 amide bonds. The minimum atomic E-state index is -1.27. The number of carboxylic acids is 1. The van der Waals surface area contributed by atoms with E-state index in [9.17, 15) is 29.1 Å². The number of benzene rings is 1. The summed E-state index contributed by atoms with van der Waals surface area (Å²) in [6.45, 7) is 3.55. The zero-order valence-electron chi connectivity index (χ0n) is 23.8. The van der Waals surface area contributed by atoms with Gasteiger partial charge in [0.2, 0.25) is 23.6 Å². The van der Waals surface area contributed by atoms with Gasteiger partial charge in [0.15, 0.2) is 5.96 Å². The van der Waals surface area contributed by atoms with Crippen LogP contribution >= 0.6 is 0 Å². The summed E-state index contributed by atoms with van der Waals surface area (Å²) in [7, 11) is 0. The molecule has 0 saturated heterocycles. The predicted octanol–water partition coefficient (Wildman–Crippen LogP) is -1.45. The number of rotatable bonds is 17. The van der Waals surface area contributed by atoms with Crippen molar-refractivity contribution < 1.29 is 29.1 Å². The zero-order valence-corrected chi connectivity index (χ0v) is 23.8. The molecule has 2 rings (SSSR count). The standard InChI is InChI=1S/C27H41N9O6/c1-14(2)22(25(40)35-20(26(41)42)12-15-13-33-18-7-4-3-6-16(15)18)36-24(39)19(8-5-11-32-27(30)31)34-23(38)17(28)9-10-21(29)37/h3-4,6-7,13-14,17,19-20,22,33H,5,8-12,28H2,1-2H3,(H2,29,37)(H,34,38)(H,35,40)(H,36,39)(H,41,42)(H4,30,31,32). The van der Waals surface area contributed by atoms with E-state index >= 15 is 0 Å². The highest BCUT2D eigenvalue weighted by molar-refractivity contribution is 5.94.